The van der Waals surface area contributed by atoms with Crippen LogP contribution in [0.4, 0.5) is 10.1 Å². The second kappa shape index (κ2) is 5.75. The van der Waals surface area contributed by atoms with Crippen LogP contribution < -0.4 is 4.90 Å². The number of anilines is 1. The van der Waals surface area contributed by atoms with Gasteiger partial charge in [0.1, 0.15) is 11.9 Å². The third kappa shape index (κ3) is 2.69. The standard InChI is InChI=1S/C15H16BrFN2O2/c16-11-5-4-10(9-12(11)17)18-8-6-14(20)19-7-2-1-3-13(19)15(18)21/h4-5,9,13H,1-3,6-8H2. The minimum atomic E-state index is -0.406. The van der Waals surface area contributed by atoms with Crippen LogP contribution in [-0.2, 0) is 9.59 Å². The van der Waals surface area contributed by atoms with Gasteiger partial charge in [0.15, 0.2) is 0 Å². The number of halogens is 2. The molecule has 1 aromatic rings. The molecule has 2 aliphatic rings. The Kier molecular flexibility index (Phi) is 3.97. The zero-order chi connectivity index (χ0) is 15.0. The number of rotatable bonds is 1. The average Bonchev–Trinajstić information content (AvgIpc) is 2.61. The molecule has 112 valence electrons. The van der Waals surface area contributed by atoms with Crippen molar-refractivity contribution in [2.75, 3.05) is 18.0 Å². The van der Waals surface area contributed by atoms with E-state index in [4.69, 9.17) is 0 Å². The molecule has 2 aliphatic heterocycles. The molecule has 3 rings (SSSR count). The first-order valence-corrected chi connectivity index (χ1v) is 7.93. The van der Waals surface area contributed by atoms with E-state index >= 15 is 0 Å². The number of piperidine rings is 1. The molecule has 2 amide bonds. The number of hydrogen-bond donors (Lipinski definition) is 0. The van der Waals surface area contributed by atoms with Gasteiger partial charge in [-0.15, -0.1) is 0 Å². The Hall–Kier alpha value is -1.43. The first-order valence-electron chi connectivity index (χ1n) is 7.14. The van der Waals surface area contributed by atoms with E-state index in [1.54, 1.807) is 21.9 Å². The van der Waals surface area contributed by atoms with Gasteiger partial charge < -0.3 is 9.80 Å². The molecule has 1 atom stereocenters. The summed E-state index contributed by atoms with van der Waals surface area (Å²) in [6, 6.07) is 4.24. The van der Waals surface area contributed by atoms with Crippen LogP contribution in [0, 0.1) is 5.82 Å². The topological polar surface area (TPSA) is 40.6 Å². The number of amides is 2. The average molecular weight is 355 g/mol. The van der Waals surface area contributed by atoms with E-state index in [0.717, 1.165) is 12.8 Å². The molecule has 0 aliphatic carbocycles. The molecular weight excluding hydrogens is 339 g/mol. The van der Waals surface area contributed by atoms with Crippen LogP contribution >= 0.6 is 15.9 Å². The SMILES string of the molecule is O=C1C2CCCCN2C(=O)CCN1c1ccc(Br)c(F)c1. The Balaban J connectivity index is 1.93. The molecule has 4 nitrogen and oxygen atoms in total. The molecule has 1 unspecified atom stereocenters. The number of carbonyl (C=O) groups excluding carboxylic acids is 2. The van der Waals surface area contributed by atoms with Crippen molar-refractivity contribution >= 4 is 33.4 Å². The van der Waals surface area contributed by atoms with E-state index in [1.165, 1.54) is 6.07 Å². The van der Waals surface area contributed by atoms with Crippen LogP contribution in [0.2, 0.25) is 0 Å². The lowest BCUT2D eigenvalue weighted by molar-refractivity contribution is -0.138. The first-order chi connectivity index (χ1) is 10.1. The Labute approximate surface area is 131 Å². The third-order valence-corrected chi connectivity index (χ3v) is 4.78. The van der Waals surface area contributed by atoms with E-state index in [1.807, 2.05) is 0 Å². The fourth-order valence-electron chi connectivity index (χ4n) is 3.04. The van der Waals surface area contributed by atoms with E-state index in [9.17, 15) is 14.0 Å². The summed E-state index contributed by atoms with van der Waals surface area (Å²) >= 11 is 3.11. The molecular formula is C15H16BrFN2O2. The van der Waals surface area contributed by atoms with Gasteiger partial charge in [-0.05, 0) is 53.4 Å². The van der Waals surface area contributed by atoms with Gasteiger partial charge in [-0.3, -0.25) is 9.59 Å². The number of fused-ring (bicyclic) bond motifs is 1. The van der Waals surface area contributed by atoms with Gasteiger partial charge in [-0.1, -0.05) is 0 Å². The second-order valence-corrected chi connectivity index (χ2v) is 6.29. The smallest absolute Gasteiger partial charge is 0.249 e. The maximum atomic E-state index is 13.7. The Bertz CT molecular complexity index is 593. The highest BCUT2D eigenvalue weighted by Gasteiger charge is 2.38. The van der Waals surface area contributed by atoms with E-state index < -0.39 is 5.82 Å². The molecule has 0 spiro atoms. The zero-order valence-corrected chi connectivity index (χ0v) is 13.1. The largest absolute Gasteiger partial charge is 0.331 e. The Morgan fingerprint density at radius 2 is 2.00 bits per heavy atom. The summed E-state index contributed by atoms with van der Waals surface area (Å²) in [6.45, 7) is 0.962. The summed E-state index contributed by atoms with van der Waals surface area (Å²) in [6.07, 6.45) is 2.88. The van der Waals surface area contributed by atoms with Crippen molar-refractivity contribution in [3.8, 4) is 0 Å². The summed E-state index contributed by atoms with van der Waals surface area (Å²) in [7, 11) is 0. The van der Waals surface area contributed by atoms with Gasteiger partial charge in [0.2, 0.25) is 11.8 Å². The monoisotopic (exact) mass is 354 g/mol. The molecule has 1 aromatic carbocycles. The van der Waals surface area contributed by atoms with Crippen LogP contribution in [0.3, 0.4) is 0 Å². The highest BCUT2D eigenvalue weighted by atomic mass is 79.9. The summed E-state index contributed by atoms with van der Waals surface area (Å²) < 4.78 is 14.1. The van der Waals surface area contributed by atoms with Gasteiger partial charge in [0.25, 0.3) is 0 Å². The predicted octanol–water partition coefficient (Wildman–Crippen LogP) is 2.71. The summed E-state index contributed by atoms with van der Waals surface area (Å²) in [4.78, 5) is 28.1. The quantitative estimate of drug-likeness (QED) is 0.777. The van der Waals surface area contributed by atoms with Crippen LogP contribution in [0.25, 0.3) is 0 Å². The maximum absolute atomic E-state index is 13.7. The molecule has 2 heterocycles. The van der Waals surface area contributed by atoms with Crippen molar-refractivity contribution in [1.29, 1.82) is 0 Å². The van der Waals surface area contributed by atoms with Gasteiger partial charge in [-0.25, -0.2) is 4.39 Å². The Morgan fingerprint density at radius 1 is 1.19 bits per heavy atom. The minimum Gasteiger partial charge on any atom is -0.331 e. The number of nitrogens with zero attached hydrogens (tertiary/aromatic N) is 2. The lowest BCUT2D eigenvalue weighted by atomic mass is 10.0. The fourth-order valence-corrected chi connectivity index (χ4v) is 3.28. The molecule has 2 saturated heterocycles. The van der Waals surface area contributed by atoms with Crippen molar-refractivity contribution in [1.82, 2.24) is 4.90 Å². The third-order valence-electron chi connectivity index (χ3n) is 4.14. The molecule has 0 saturated carbocycles. The van der Waals surface area contributed by atoms with E-state index in [0.29, 0.717) is 36.1 Å². The van der Waals surface area contributed by atoms with Gasteiger partial charge >= 0.3 is 0 Å². The van der Waals surface area contributed by atoms with Crippen molar-refractivity contribution in [3.05, 3.63) is 28.5 Å². The zero-order valence-electron chi connectivity index (χ0n) is 11.5. The van der Waals surface area contributed by atoms with E-state index in [-0.39, 0.29) is 17.9 Å². The summed E-state index contributed by atoms with van der Waals surface area (Å²) in [5.74, 6) is -0.480. The van der Waals surface area contributed by atoms with Crippen molar-refractivity contribution < 1.29 is 14.0 Å². The molecule has 6 heteroatoms. The van der Waals surface area contributed by atoms with Crippen molar-refractivity contribution in [2.45, 2.75) is 31.7 Å². The van der Waals surface area contributed by atoms with Crippen molar-refractivity contribution in [2.24, 2.45) is 0 Å². The highest BCUT2D eigenvalue weighted by molar-refractivity contribution is 9.10. The lowest BCUT2D eigenvalue weighted by Crippen LogP contribution is -2.49. The normalized spacial score (nSPS) is 23.0. The highest BCUT2D eigenvalue weighted by Crippen LogP contribution is 2.28. The lowest BCUT2D eigenvalue weighted by Gasteiger charge is -2.34. The summed E-state index contributed by atoms with van der Waals surface area (Å²) in [5, 5.41) is 0. The minimum absolute atomic E-state index is 0.0214. The molecule has 2 fully saturated rings. The van der Waals surface area contributed by atoms with Crippen molar-refractivity contribution in [3.63, 3.8) is 0 Å². The van der Waals surface area contributed by atoms with E-state index in [2.05, 4.69) is 15.9 Å². The molecule has 0 bridgehead atoms. The number of benzene rings is 1. The van der Waals surface area contributed by atoms with Crippen LogP contribution in [-0.4, -0.2) is 35.8 Å². The van der Waals surface area contributed by atoms with Crippen LogP contribution in [0.1, 0.15) is 25.7 Å². The second-order valence-electron chi connectivity index (χ2n) is 5.44. The maximum Gasteiger partial charge on any atom is 0.249 e. The van der Waals surface area contributed by atoms with Gasteiger partial charge in [0, 0.05) is 25.2 Å². The van der Waals surface area contributed by atoms with Crippen LogP contribution in [0.5, 0.6) is 0 Å². The first kappa shape index (κ1) is 14.5. The fraction of sp³-hybridized carbons (Fsp3) is 0.467. The van der Waals surface area contributed by atoms with Gasteiger partial charge in [0.05, 0.1) is 4.47 Å². The van der Waals surface area contributed by atoms with Gasteiger partial charge in [-0.2, -0.15) is 0 Å². The Morgan fingerprint density at radius 3 is 2.76 bits per heavy atom. The van der Waals surface area contributed by atoms with Crippen LogP contribution in [0.15, 0.2) is 22.7 Å². The molecule has 0 aromatic heterocycles. The summed E-state index contributed by atoms with van der Waals surface area (Å²) in [5.41, 5.74) is 0.515. The predicted molar refractivity (Wildman–Crippen MR) is 80.4 cm³/mol. The number of carbonyl (C=O) groups is 2. The molecule has 0 N–H and O–H groups in total. The molecule has 21 heavy (non-hydrogen) atoms. The number of hydrogen-bond acceptors (Lipinski definition) is 2. The molecule has 0 radical (unpaired) electrons.